The van der Waals surface area contributed by atoms with Gasteiger partial charge in [0.15, 0.2) is 6.61 Å². The quantitative estimate of drug-likeness (QED) is 0.522. The number of carbonyl (C=O) groups is 3. The van der Waals surface area contributed by atoms with Crippen molar-refractivity contribution in [2.45, 2.75) is 20.8 Å². The fourth-order valence-electron chi connectivity index (χ4n) is 3.71. The molecule has 0 aliphatic carbocycles. The van der Waals surface area contributed by atoms with E-state index >= 15 is 0 Å². The number of nitrogens with zero attached hydrogens (tertiary/aromatic N) is 1. The highest BCUT2D eigenvalue weighted by molar-refractivity contribution is 5.99. The van der Waals surface area contributed by atoms with Crippen molar-refractivity contribution in [1.82, 2.24) is 5.32 Å². The number of hydrogen-bond donors (Lipinski definition) is 2. The molecule has 0 aromatic heterocycles. The summed E-state index contributed by atoms with van der Waals surface area (Å²) in [5.41, 5.74) is 5.47. The maximum absolute atomic E-state index is 12.7. The molecule has 7 nitrogen and oxygen atoms in total. The molecule has 7 heteroatoms. The molecule has 0 saturated heterocycles. The normalized spacial score (nSPS) is 10.2. The van der Waals surface area contributed by atoms with Crippen molar-refractivity contribution >= 4 is 23.5 Å². The summed E-state index contributed by atoms with van der Waals surface area (Å²) in [7, 11) is 0. The van der Waals surface area contributed by atoms with Gasteiger partial charge in [-0.2, -0.15) is 5.26 Å². The monoisotopic (exact) mass is 455 g/mol. The molecular weight excluding hydrogens is 430 g/mol. The fourth-order valence-corrected chi connectivity index (χ4v) is 3.71. The van der Waals surface area contributed by atoms with E-state index in [1.807, 2.05) is 32.9 Å². The lowest BCUT2D eigenvalue weighted by atomic mass is 9.96. The molecule has 0 aliphatic rings. The minimum Gasteiger partial charge on any atom is -0.452 e. The molecule has 172 valence electrons. The number of carbonyl (C=O) groups excluding carboxylic acids is 3. The van der Waals surface area contributed by atoms with Crippen LogP contribution in [0.1, 0.15) is 32.6 Å². The topological polar surface area (TPSA) is 108 Å². The number of anilines is 1. The Labute approximate surface area is 198 Å². The first kappa shape index (κ1) is 24.2. The van der Waals surface area contributed by atoms with E-state index in [0.717, 1.165) is 16.7 Å². The molecule has 0 atom stereocenters. The van der Waals surface area contributed by atoms with Crippen molar-refractivity contribution in [2.75, 3.05) is 18.5 Å². The van der Waals surface area contributed by atoms with E-state index in [-0.39, 0.29) is 18.0 Å². The van der Waals surface area contributed by atoms with Gasteiger partial charge in [-0.05, 0) is 49.6 Å². The molecular formula is C27H25N3O4. The van der Waals surface area contributed by atoms with Crippen molar-refractivity contribution in [1.29, 1.82) is 5.26 Å². The molecule has 0 fully saturated rings. The van der Waals surface area contributed by atoms with Crippen LogP contribution in [0.2, 0.25) is 0 Å². The molecule has 3 aromatic rings. The molecule has 0 spiro atoms. The van der Waals surface area contributed by atoms with Crippen LogP contribution in [-0.2, 0) is 14.3 Å². The maximum Gasteiger partial charge on any atom is 0.339 e. The van der Waals surface area contributed by atoms with Crippen molar-refractivity contribution in [3.05, 3.63) is 88.5 Å². The largest absolute Gasteiger partial charge is 0.452 e. The second-order valence-corrected chi connectivity index (χ2v) is 7.88. The molecule has 3 aromatic carbocycles. The second-order valence-electron chi connectivity index (χ2n) is 7.88. The van der Waals surface area contributed by atoms with E-state index in [2.05, 4.69) is 16.7 Å². The Morgan fingerprint density at radius 1 is 0.882 bits per heavy atom. The summed E-state index contributed by atoms with van der Waals surface area (Å²) in [4.78, 5) is 37.1. The van der Waals surface area contributed by atoms with Gasteiger partial charge in [0.2, 0.25) is 5.91 Å². The second kappa shape index (κ2) is 10.9. The number of rotatable bonds is 7. The average molecular weight is 456 g/mol. The summed E-state index contributed by atoms with van der Waals surface area (Å²) >= 11 is 0. The zero-order valence-electron chi connectivity index (χ0n) is 19.3. The fraction of sp³-hybridized carbons (Fsp3) is 0.185. The highest BCUT2D eigenvalue weighted by Gasteiger charge is 2.17. The minimum absolute atomic E-state index is 0.237. The van der Waals surface area contributed by atoms with E-state index in [4.69, 9.17) is 4.74 Å². The molecule has 0 unspecified atom stereocenters. The molecule has 0 bridgehead atoms. The lowest BCUT2D eigenvalue weighted by Gasteiger charge is -2.13. The molecule has 3 rings (SSSR count). The van der Waals surface area contributed by atoms with E-state index in [1.165, 1.54) is 0 Å². The number of hydrogen-bond acceptors (Lipinski definition) is 5. The summed E-state index contributed by atoms with van der Waals surface area (Å²) in [6.45, 7) is 4.99. The molecule has 2 amide bonds. The van der Waals surface area contributed by atoms with Gasteiger partial charge < -0.3 is 15.4 Å². The molecule has 0 radical (unpaired) electrons. The summed E-state index contributed by atoms with van der Waals surface area (Å²) in [6.07, 6.45) is 0. The number of ether oxygens (including phenoxy) is 1. The SMILES string of the molecule is Cc1cc(C)c(NC(=O)CNC(=O)COC(=O)c2ccccc2-c2ccccc2C#N)c(C)c1. The van der Waals surface area contributed by atoms with Gasteiger partial charge in [-0.3, -0.25) is 9.59 Å². The van der Waals surface area contributed by atoms with Gasteiger partial charge in [0.05, 0.1) is 23.7 Å². The number of nitriles is 1. The Morgan fingerprint density at radius 3 is 2.18 bits per heavy atom. The van der Waals surface area contributed by atoms with Crippen LogP contribution in [0.25, 0.3) is 11.1 Å². The third-order valence-corrected chi connectivity index (χ3v) is 5.21. The summed E-state index contributed by atoms with van der Waals surface area (Å²) in [5, 5.41) is 14.6. The molecule has 2 N–H and O–H groups in total. The predicted octanol–water partition coefficient (Wildman–Crippen LogP) is 4.06. The zero-order valence-corrected chi connectivity index (χ0v) is 19.3. The van der Waals surface area contributed by atoms with Gasteiger partial charge in [0.25, 0.3) is 5.91 Å². The van der Waals surface area contributed by atoms with Gasteiger partial charge in [0.1, 0.15) is 0 Å². The summed E-state index contributed by atoms with van der Waals surface area (Å²) < 4.78 is 5.16. The van der Waals surface area contributed by atoms with Crippen LogP contribution in [0.5, 0.6) is 0 Å². The van der Waals surface area contributed by atoms with Crippen LogP contribution in [0, 0.1) is 32.1 Å². The summed E-state index contributed by atoms with van der Waals surface area (Å²) in [5.74, 6) is -1.68. The van der Waals surface area contributed by atoms with Crippen LogP contribution in [0.15, 0.2) is 60.7 Å². The van der Waals surface area contributed by atoms with Gasteiger partial charge in [0, 0.05) is 11.3 Å². The highest BCUT2D eigenvalue weighted by atomic mass is 16.5. The van der Waals surface area contributed by atoms with Crippen molar-refractivity contribution < 1.29 is 19.1 Å². The number of aryl methyl sites for hydroxylation is 3. The average Bonchev–Trinajstić information content (AvgIpc) is 2.83. The Morgan fingerprint density at radius 2 is 1.50 bits per heavy atom. The molecule has 0 saturated carbocycles. The van der Waals surface area contributed by atoms with Gasteiger partial charge in [-0.1, -0.05) is 54.1 Å². The van der Waals surface area contributed by atoms with Crippen LogP contribution in [0.3, 0.4) is 0 Å². The van der Waals surface area contributed by atoms with E-state index in [1.54, 1.807) is 48.5 Å². The molecule has 0 aliphatic heterocycles. The van der Waals surface area contributed by atoms with Crippen molar-refractivity contribution in [3.63, 3.8) is 0 Å². The van der Waals surface area contributed by atoms with Crippen LogP contribution in [-0.4, -0.2) is 30.9 Å². The molecule has 34 heavy (non-hydrogen) atoms. The standard InChI is InChI=1S/C27H25N3O4/c1-17-12-18(2)26(19(3)13-17)30-24(31)15-29-25(32)16-34-27(33)23-11-7-6-10-22(23)21-9-5-4-8-20(21)14-28/h4-13H,15-16H2,1-3H3,(H,29,32)(H,30,31). The number of nitrogens with one attached hydrogen (secondary N) is 2. The van der Waals surface area contributed by atoms with Crippen LogP contribution in [0.4, 0.5) is 5.69 Å². The third kappa shape index (κ3) is 5.87. The number of benzene rings is 3. The third-order valence-electron chi connectivity index (χ3n) is 5.21. The smallest absolute Gasteiger partial charge is 0.339 e. The lowest BCUT2D eigenvalue weighted by molar-refractivity contribution is -0.126. The summed E-state index contributed by atoms with van der Waals surface area (Å²) in [6, 6.07) is 19.7. The van der Waals surface area contributed by atoms with E-state index < -0.39 is 18.5 Å². The first-order chi connectivity index (χ1) is 16.3. The van der Waals surface area contributed by atoms with Crippen molar-refractivity contribution in [3.8, 4) is 17.2 Å². The van der Waals surface area contributed by atoms with Gasteiger partial charge >= 0.3 is 5.97 Å². The number of esters is 1. The maximum atomic E-state index is 12.7. The van der Waals surface area contributed by atoms with Crippen LogP contribution < -0.4 is 10.6 Å². The van der Waals surface area contributed by atoms with Gasteiger partial charge in [-0.15, -0.1) is 0 Å². The predicted molar refractivity (Wildman–Crippen MR) is 129 cm³/mol. The molecule has 0 heterocycles. The Balaban J connectivity index is 1.58. The lowest BCUT2D eigenvalue weighted by Crippen LogP contribution is -2.35. The van der Waals surface area contributed by atoms with Crippen LogP contribution >= 0.6 is 0 Å². The minimum atomic E-state index is -0.700. The first-order valence-corrected chi connectivity index (χ1v) is 10.7. The Bertz CT molecular complexity index is 1270. The number of amides is 2. The zero-order chi connectivity index (χ0) is 24.7. The van der Waals surface area contributed by atoms with Gasteiger partial charge in [-0.25, -0.2) is 4.79 Å². The highest BCUT2D eigenvalue weighted by Crippen LogP contribution is 2.27. The van der Waals surface area contributed by atoms with Crippen molar-refractivity contribution in [2.24, 2.45) is 0 Å². The Kier molecular flexibility index (Phi) is 7.78. The van der Waals surface area contributed by atoms with E-state index in [9.17, 15) is 19.6 Å². The van der Waals surface area contributed by atoms with E-state index in [0.29, 0.717) is 22.4 Å². The Hall–Kier alpha value is -4.44. The first-order valence-electron chi connectivity index (χ1n) is 10.7.